The molecule has 0 bridgehead atoms. The lowest BCUT2D eigenvalue weighted by Gasteiger charge is -2.38. The average Bonchev–Trinajstić information content (AvgIpc) is 2.59. The molecule has 1 spiro atoms. The summed E-state index contributed by atoms with van der Waals surface area (Å²) in [4.78, 5) is 2.41. The Hall–Kier alpha value is -0.170. The SMILES string of the molecule is CC(C)N1CC[C@]2(C[C@H](NS(C)(=O)=O)CCO2)C1. The molecule has 0 aromatic rings. The second-order valence-electron chi connectivity index (χ2n) is 5.93. The van der Waals surface area contributed by atoms with Gasteiger partial charge in [0, 0.05) is 31.8 Å². The lowest BCUT2D eigenvalue weighted by atomic mass is 9.90. The van der Waals surface area contributed by atoms with E-state index in [0.717, 1.165) is 32.4 Å². The number of nitrogens with zero attached hydrogens (tertiary/aromatic N) is 1. The van der Waals surface area contributed by atoms with Crippen molar-refractivity contribution in [3.63, 3.8) is 0 Å². The molecule has 5 nitrogen and oxygen atoms in total. The van der Waals surface area contributed by atoms with Crippen LogP contribution >= 0.6 is 0 Å². The fraction of sp³-hybridized carbons (Fsp3) is 1.00. The highest BCUT2D eigenvalue weighted by atomic mass is 32.2. The molecule has 0 radical (unpaired) electrons. The van der Waals surface area contributed by atoms with Crippen molar-refractivity contribution in [2.75, 3.05) is 26.0 Å². The predicted octanol–water partition coefficient (Wildman–Crippen LogP) is 0.568. The van der Waals surface area contributed by atoms with Crippen molar-refractivity contribution in [2.45, 2.75) is 50.8 Å². The highest BCUT2D eigenvalue weighted by Gasteiger charge is 2.44. The zero-order valence-electron chi connectivity index (χ0n) is 11.5. The zero-order valence-corrected chi connectivity index (χ0v) is 12.3. The summed E-state index contributed by atoms with van der Waals surface area (Å²) in [6.07, 6.45) is 3.80. The molecule has 0 aromatic heterocycles. The van der Waals surface area contributed by atoms with Crippen LogP contribution in [0.15, 0.2) is 0 Å². The molecule has 18 heavy (non-hydrogen) atoms. The van der Waals surface area contributed by atoms with E-state index in [9.17, 15) is 8.42 Å². The van der Waals surface area contributed by atoms with Crippen LogP contribution in [0.1, 0.15) is 33.1 Å². The molecule has 1 N–H and O–H groups in total. The Kier molecular flexibility index (Phi) is 4.02. The van der Waals surface area contributed by atoms with Crippen LogP contribution in [-0.4, -0.2) is 57.0 Å². The Labute approximate surface area is 110 Å². The van der Waals surface area contributed by atoms with Crippen molar-refractivity contribution in [1.82, 2.24) is 9.62 Å². The predicted molar refractivity (Wildman–Crippen MR) is 71.0 cm³/mol. The molecule has 106 valence electrons. The third-order valence-electron chi connectivity index (χ3n) is 3.95. The van der Waals surface area contributed by atoms with Gasteiger partial charge in [-0.15, -0.1) is 0 Å². The van der Waals surface area contributed by atoms with E-state index < -0.39 is 10.0 Å². The minimum Gasteiger partial charge on any atom is -0.373 e. The van der Waals surface area contributed by atoms with E-state index >= 15 is 0 Å². The van der Waals surface area contributed by atoms with E-state index in [4.69, 9.17) is 4.74 Å². The third-order valence-corrected chi connectivity index (χ3v) is 4.71. The van der Waals surface area contributed by atoms with Gasteiger partial charge < -0.3 is 4.74 Å². The number of nitrogens with one attached hydrogen (secondary N) is 1. The normalized spacial score (nSPS) is 34.6. The fourth-order valence-corrected chi connectivity index (χ4v) is 3.84. The molecule has 2 saturated heterocycles. The maximum Gasteiger partial charge on any atom is 0.208 e. The summed E-state index contributed by atoms with van der Waals surface area (Å²) in [5.41, 5.74) is -0.134. The second-order valence-corrected chi connectivity index (χ2v) is 7.71. The van der Waals surface area contributed by atoms with Crippen LogP contribution in [0.2, 0.25) is 0 Å². The van der Waals surface area contributed by atoms with Crippen molar-refractivity contribution < 1.29 is 13.2 Å². The van der Waals surface area contributed by atoms with E-state index in [0.29, 0.717) is 12.6 Å². The summed E-state index contributed by atoms with van der Waals surface area (Å²) in [6.45, 7) is 7.00. The topological polar surface area (TPSA) is 58.6 Å². The van der Waals surface area contributed by atoms with Gasteiger partial charge in [-0.25, -0.2) is 13.1 Å². The molecule has 6 heteroatoms. The van der Waals surface area contributed by atoms with Gasteiger partial charge in [0.15, 0.2) is 0 Å². The number of hydrogen-bond acceptors (Lipinski definition) is 4. The van der Waals surface area contributed by atoms with Crippen LogP contribution in [0.3, 0.4) is 0 Å². The van der Waals surface area contributed by atoms with Gasteiger partial charge in [-0.05, 0) is 33.1 Å². The van der Waals surface area contributed by atoms with E-state index in [1.165, 1.54) is 6.26 Å². The Morgan fingerprint density at radius 2 is 2.17 bits per heavy atom. The van der Waals surface area contributed by atoms with Gasteiger partial charge in [-0.2, -0.15) is 0 Å². The summed E-state index contributed by atoms with van der Waals surface area (Å²) in [5.74, 6) is 0. The molecular formula is C12H24N2O3S. The van der Waals surface area contributed by atoms with Crippen molar-refractivity contribution in [2.24, 2.45) is 0 Å². The van der Waals surface area contributed by atoms with Gasteiger partial charge in [0.1, 0.15) is 0 Å². The lowest BCUT2D eigenvalue weighted by Crippen LogP contribution is -2.50. The molecular weight excluding hydrogens is 252 g/mol. The monoisotopic (exact) mass is 276 g/mol. The summed E-state index contributed by atoms with van der Waals surface area (Å²) in [5, 5.41) is 0. The van der Waals surface area contributed by atoms with Gasteiger partial charge >= 0.3 is 0 Å². The molecule has 2 aliphatic rings. The van der Waals surface area contributed by atoms with E-state index in [-0.39, 0.29) is 11.6 Å². The highest BCUT2D eigenvalue weighted by molar-refractivity contribution is 7.88. The van der Waals surface area contributed by atoms with Gasteiger partial charge in [0.2, 0.25) is 10.0 Å². The molecule has 2 rings (SSSR count). The molecule has 2 atom stereocenters. The fourth-order valence-electron chi connectivity index (χ4n) is 3.03. The first-order chi connectivity index (χ1) is 8.30. The van der Waals surface area contributed by atoms with Crippen LogP contribution in [0, 0.1) is 0 Å². The molecule has 0 saturated carbocycles. The van der Waals surface area contributed by atoms with Crippen molar-refractivity contribution in [1.29, 1.82) is 0 Å². The van der Waals surface area contributed by atoms with Crippen molar-refractivity contribution in [3.8, 4) is 0 Å². The maximum atomic E-state index is 11.3. The van der Waals surface area contributed by atoms with Crippen LogP contribution in [0.25, 0.3) is 0 Å². The van der Waals surface area contributed by atoms with Crippen molar-refractivity contribution in [3.05, 3.63) is 0 Å². The number of ether oxygens (including phenoxy) is 1. The number of rotatable bonds is 3. The van der Waals surface area contributed by atoms with Gasteiger partial charge in [-0.1, -0.05) is 0 Å². The molecule has 0 aliphatic carbocycles. The Morgan fingerprint density at radius 3 is 2.72 bits per heavy atom. The van der Waals surface area contributed by atoms with Crippen LogP contribution in [-0.2, 0) is 14.8 Å². The Bertz CT molecular complexity index is 396. The molecule has 0 unspecified atom stereocenters. The third kappa shape index (κ3) is 3.44. The van der Waals surface area contributed by atoms with Gasteiger partial charge in [0.05, 0.1) is 11.9 Å². The summed E-state index contributed by atoms with van der Waals surface area (Å²) >= 11 is 0. The molecule has 2 aliphatic heterocycles. The largest absolute Gasteiger partial charge is 0.373 e. The van der Waals surface area contributed by atoms with E-state index in [1.807, 2.05) is 0 Å². The minimum absolute atomic E-state index is 0.0286. The Balaban J connectivity index is 1.99. The smallest absolute Gasteiger partial charge is 0.208 e. The highest BCUT2D eigenvalue weighted by Crippen LogP contribution is 2.35. The second kappa shape index (κ2) is 5.07. The first-order valence-electron chi connectivity index (χ1n) is 6.65. The first-order valence-corrected chi connectivity index (χ1v) is 8.54. The Morgan fingerprint density at radius 1 is 1.44 bits per heavy atom. The van der Waals surface area contributed by atoms with E-state index in [2.05, 4.69) is 23.5 Å². The first kappa shape index (κ1) is 14.2. The van der Waals surface area contributed by atoms with Crippen LogP contribution in [0.5, 0.6) is 0 Å². The number of likely N-dealkylation sites (tertiary alicyclic amines) is 1. The van der Waals surface area contributed by atoms with Crippen molar-refractivity contribution >= 4 is 10.0 Å². The number of sulfonamides is 1. The lowest BCUT2D eigenvalue weighted by molar-refractivity contribution is -0.0787. The van der Waals surface area contributed by atoms with Gasteiger partial charge in [0.25, 0.3) is 0 Å². The van der Waals surface area contributed by atoms with E-state index in [1.54, 1.807) is 0 Å². The number of hydrogen-bond donors (Lipinski definition) is 1. The average molecular weight is 276 g/mol. The maximum absolute atomic E-state index is 11.3. The summed E-state index contributed by atoms with van der Waals surface area (Å²) < 4.78 is 31.3. The zero-order chi connectivity index (χ0) is 13.4. The standard InChI is InChI=1S/C12H24N2O3S/c1-10(2)14-6-5-12(9-14)8-11(4-7-17-12)13-18(3,15)16/h10-11,13H,4-9H2,1-3H3/t11-,12+/m1/s1. The van der Waals surface area contributed by atoms with Gasteiger partial charge in [-0.3, -0.25) is 4.90 Å². The van der Waals surface area contributed by atoms with Crippen LogP contribution in [0.4, 0.5) is 0 Å². The summed E-state index contributed by atoms with van der Waals surface area (Å²) in [6, 6.07) is 0.553. The molecule has 0 aromatic carbocycles. The quantitative estimate of drug-likeness (QED) is 0.818. The van der Waals surface area contributed by atoms with Crippen LogP contribution < -0.4 is 4.72 Å². The molecule has 0 amide bonds. The molecule has 2 heterocycles. The minimum atomic E-state index is -3.12. The molecule has 2 fully saturated rings. The summed E-state index contributed by atoms with van der Waals surface area (Å²) in [7, 11) is -3.12.